The van der Waals surface area contributed by atoms with Crippen LogP contribution in [0.1, 0.15) is 37.3 Å². The molecule has 0 aromatic carbocycles. The van der Waals surface area contributed by atoms with Crippen molar-refractivity contribution in [1.82, 2.24) is 35.0 Å². The number of hydrogen-bond acceptors (Lipinski definition) is 5. The SMILES string of the molecule is C=C(/C=c1/c(-c2cc3c(-c4cccnc4)nccc3[nH]2)n[nH]/c1=C/C)c1cncc(CCCN2CCCC2)c1. The molecule has 0 bridgehead atoms. The van der Waals surface area contributed by atoms with E-state index in [2.05, 4.69) is 59.8 Å². The van der Waals surface area contributed by atoms with Crippen molar-refractivity contribution >= 4 is 28.6 Å². The third kappa shape index (κ3) is 5.31. The summed E-state index contributed by atoms with van der Waals surface area (Å²) < 4.78 is 0. The van der Waals surface area contributed by atoms with Gasteiger partial charge in [0.05, 0.1) is 16.7 Å². The Labute approximate surface area is 228 Å². The first kappa shape index (κ1) is 24.9. The van der Waals surface area contributed by atoms with E-state index in [1.807, 2.05) is 56.0 Å². The maximum Gasteiger partial charge on any atom is 0.116 e. The van der Waals surface area contributed by atoms with E-state index < -0.39 is 0 Å². The third-order valence-corrected chi connectivity index (χ3v) is 7.48. The fourth-order valence-corrected chi connectivity index (χ4v) is 5.42. The molecule has 0 amide bonds. The van der Waals surface area contributed by atoms with Crippen molar-refractivity contribution in [2.75, 3.05) is 19.6 Å². The number of H-pyrrole nitrogens is 2. The summed E-state index contributed by atoms with van der Waals surface area (Å²) in [5.74, 6) is 0. The standard InChI is InChI=1S/C32H33N7/c1-3-28-26(16-22(2)25-17-23(19-34-21-25)8-7-15-39-13-4-5-14-39)32(38-37-28)30-18-27-29(36-30)10-12-35-31(27)24-9-6-11-33-20-24/h3,6,9-12,16-21,36-37H,2,4-5,7-8,13-15H2,1H3/b26-16+,28-3+. The summed E-state index contributed by atoms with van der Waals surface area (Å²) in [6.07, 6.45) is 18.3. The smallest absolute Gasteiger partial charge is 0.116 e. The van der Waals surface area contributed by atoms with Gasteiger partial charge in [0.1, 0.15) is 5.69 Å². The van der Waals surface area contributed by atoms with Crippen LogP contribution in [0.4, 0.5) is 0 Å². The maximum atomic E-state index is 4.68. The second kappa shape index (κ2) is 11.2. The van der Waals surface area contributed by atoms with Gasteiger partial charge in [0, 0.05) is 52.7 Å². The number of nitrogens with one attached hydrogen (secondary N) is 2. The highest BCUT2D eigenvalue weighted by Gasteiger charge is 2.14. The zero-order chi connectivity index (χ0) is 26.6. The molecule has 196 valence electrons. The zero-order valence-corrected chi connectivity index (χ0v) is 22.3. The lowest BCUT2D eigenvalue weighted by Gasteiger charge is -2.14. The Morgan fingerprint density at radius 1 is 1.05 bits per heavy atom. The Kier molecular flexibility index (Phi) is 7.15. The van der Waals surface area contributed by atoms with Gasteiger partial charge in [-0.05, 0) is 105 Å². The molecule has 0 unspecified atom stereocenters. The molecular weight excluding hydrogens is 482 g/mol. The van der Waals surface area contributed by atoms with E-state index in [-0.39, 0.29) is 0 Å². The molecular formula is C32H33N7. The van der Waals surface area contributed by atoms with Crippen molar-refractivity contribution in [3.05, 3.63) is 89.6 Å². The van der Waals surface area contributed by atoms with E-state index in [0.29, 0.717) is 0 Å². The molecule has 2 N–H and O–H groups in total. The number of pyridine rings is 3. The third-order valence-electron chi connectivity index (χ3n) is 7.48. The molecule has 7 nitrogen and oxygen atoms in total. The van der Waals surface area contributed by atoms with Crippen LogP contribution >= 0.6 is 0 Å². The number of nitrogens with zero attached hydrogens (tertiary/aromatic N) is 5. The molecule has 6 heterocycles. The van der Waals surface area contributed by atoms with E-state index in [9.17, 15) is 0 Å². The normalized spacial score (nSPS) is 15.0. The second-order valence-corrected chi connectivity index (χ2v) is 10.1. The molecule has 1 saturated heterocycles. The average molecular weight is 516 g/mol. The Bertz CT molecular complexity index is 1720. The molecule has 0 saturated carbocycles. The first-order chi connectivity index (χ1) is 19.2. The fourth-order valence-electron chi connectivity index (χ4n) is 5.42. The molecule has 0 spiro atoms. The number of allylic oxidation sites excluding steroid dienone is 1. The molecule has 5 aromatic rings. The highest BCUT2D eigenvalue weighted by Crippen LogP contribution is 2.29. The van der Waals surface area contributed by atoms with E-state index in [1.54, 1.807) is 6.20 Å². The molecule has 0 aliphatic carbocycles. The zero-order valence-electron chi connectivity index (χ0n) is 22.3. The molecule has 1 fully saturated rings. The largest absolute Gasteiger partial charge is 0.353 e. The second-order valence-electron chi connectivity index (χ2n) is 10.1. The number of hydrogen-bond donors (Lipinski definition) is 2. The van der Waals surface area contributed by atoms with Gasteiger partial charge in [-0.15, -0.1) is 0 Å². The van der Waals surface area contributed by atoms with E-state index >= 15 is 0 Å². The van der Waals surface area contributed by atoms with Gasteiger partial charge in [0.25, 0.3) is 0 Å². The lowest BCUT2D eigenvalue weighted by atomic mass is 10.0. The van der Waals surface area contributed by atoms with Crippen LogP contribution < -0.4 is 10.6 Å². The van der Waals surface area contributed by atoms with Gasteiger partial charge >= 0.3 is 0 Å². The van der Waals surface area contributed by atoms with Crippen LogP contribution in [-0.2, 0) is 6.42 Å². The molecule has 39 heavy (non-hydrogen) atoms. The first-order valence-corrected chi connectivity index (χ1v) is 13.7. The minimum absolute atomic E-state index is 0.840. The van der Waals surface area contributed by atoms with Crippen LogP contribution in [0.15, 0.2) is 67.9 Å². The van der Waals surface area contributed by atoms with Gasteiger partial charge in [-0.3, -0.25) is 20.1 Å². The van der Waals surface area contributed by atoms with E-state index in [0.717, 1.165) is 74.6 Å². The monoisotopic (exact) mass is 515 g/mol. The average Bonchev–Trinajstić information content (AvgIpc) is 3.73. The van der Waals surface area contributed by atoms with Crippen molar-refractivity contribution in [3.63, 3.8) is 0 Å². The lowest BCUT2D eigenvalue weighted by Crippen LogP contribution is -2.23. The van der Waals surface area contributed by atoms with Gasteiger partial charge in [-0.25, -0.2) is 0 Å². The quantitative estimate of drug-likeness (QED) is 0.312. The van der Waals surface area contributed by atoms with Crippen molar-refractivity contribution < 1.29 is 0 Å². The molecule has 0 atom stereocenters. The molecule has 7 heteroatoms. The summed E-state index contributed by atoms with van der Waals surface area (Å²) in [6.45, 7) is 10.1. The van der Waals surface area contributed by atoms with Crippen molar-refractivity contribution in [2.45, 2.75) is 32.6 Å². The summed E-state index contributed by atoms with van der Waals surface area (Å²) in [5.41, 5.74) is 7.81. The summed E-state index contributed by atoms with van der Waals surface area (Å²) in [6, 6.07) is 10.3. The number of likely N-dealkylation sites (tertiary alicyclic amines) is 1. The minimum atomic E-state index is 0.840. The van der Waals surface area contributed by atoms with Crippen molar-refractivity contribution in [2.24, 2.45) is 0 Å². The number of aryl methyl sites for hydroxylation is 1. The van der Waals surface area contributed by atoms with Crippen LogP contribution in [0.25, 0.3) is 51.3 Å². The highest BCUT2D eigenvalue weighted by atomic mass is 15.1. The highest BCUT2D eigenvalue weighted by molar-refractivity contribution is 5.96. The lowest BCUT2D eigenvalue weighted by molar-refractivity contribution is 0.334. The fraction of sp³-hybridized carbons (Fsp3) is 0.250. The van der Waals surface area contributed by atoms with E-state index in [4.69, 9.17) is 0 Å². The summed E-state index contributed by atoms with van der Waals surface area (Å²) in [5, 5.41) is 10.8. The molecule has 1 aliphatic heterocycles. The van der Waals surface area contributed by atoms with Crippen LogP contribution in [0.5, 0.6) is 0 Å². The van der Waals surface area contributed by atoms with E-state index in [1.165, 1.54) is 31.5 Å². The molecule has 0 radical (unpaired) electrons. The van der Waals surface area contributed by atoms with Gasteiger partial charge in [-0.2, -0.15) is 5.10 Å². The number of fused-ring (bicyclic) bond motifs is 1. The topological polar surface area (TPSA) is 86.4 Å². The van der Waals surface area contributed by atoms with Crippen LogP contribution in [0.2, 0.25) is 0 Å². The predicted molar refractivity (Wildman–Crippen MR) is 158 cm³/mol. The maximum absolute atomic E-state index is 4.68. The molecule has 1 aliphatic rings. The first-order valence-electron chi connectivity index (χ1n) is 13.7. The Balaban J connectivity index is 1.31. The Hall–Kier alpha value is -4.36. The number of aromatic nitrogens is 6. The van der Waals surface area contributed by atoms with Crippen molar-refractivity contribution in [1.29, 1.82) is 0 Å². The number of rotatable bonds is 8. The van der Waals surface area contributed by atoms with Gasteiger partial charge < -0.3 is 9.88 Å². The summed E-state index contributed by atoms with van der Waals surface area (Å²) >= 11 is 0. The Morgan fingerprint density at radius 2 is 1.95 bits per heavy atom. The minimum Gasteiger partial charge on any atom is -0.353 e. The summed E-state index contributed by atoms with van der Waals surface area (Å²) in [4.78, 5) is 19.6. The van der Waals surface area contributed by atoms with Gasteiger partial charge in [0.2, 0.25) is 0 Å². The van der Waals surface area contributed by atoms with Crippen LogP contribution in [0.3, 0.4) is 0 Å². The Morgan fingerprint density at radius 3 is 2.77 bits per heavy atom. The van der Waals surface area contributed by atoms with Crippen LogP contribution in [0, 0.1) is 0 Å². The van der Waals surface area contributed by atoms with Crippen LogP contribution in [-0.4, -0.2) is 54.7 Å². The predicted octanol–water partition coefficient (Wildman–Crippen LogP) is 4.73. The summed E-state index contributed by atoms with van der Waals surface area (Å²) in [7, 11) is 0. The molecule has 5 aromatic heterocycles. The van der Waals surface area contributed by atoms with Gasteiger partial charge in [0.15, 0.2) is 0 Å². The van der Waals surface area contributed by atoms with Crippen molar-refractivity contribution in [3.8, 4) is 22.6 Å². The van der Waals surface area contributed by atoms with Gasteiger partial charge in [-0.1, -0.05) is 12.7 Å². The number of aromatic amines is 2. The molecule has 6 rings (SSSR count).